The Bertz CT molecular complexity index is 889. The number of benzene rings is 1. The normalized spacial score (nSPS) is 11.4. The van der Waals surface area contributed by atoms with Crippen LogP contribution in [-0.4, -0.2) is 28.8 Å². The Balaban J connectivity index is 2.01. The summed E-state index contributed by atoms with van der Waals surface area (Å²) < 4.78 is 6.58. The van der Waals surface area contributed by atoms with Crippen molar-refractivity contribution in [2.75, 3.05) is 6.61 Å². The van der Waals surface area contributed by atoms with Crippen LogP contribution in [0.1, 0.15) is 25.3 Å². The van der Waals surface area contributed by atoms with Gasteiger partial charge >= 0.3 is 5.97 Å². The maximum absolute atomic E-state index is 11.9. The summed E-state index contributed by atoms with van der Waals surface area (Å²) in [6.45, 7) is 1.34. The van der Waals surface area contributed by atoms with Gasteiger partial charge in [0, 0.05) is 28.0 Å². The third-order valence-electron chi connectivity index (χ3n) is 3.27. The second-order valence-corrected chi connectivity index (χ2v) is 7.13. The summed E-state index contributed by atoms with van der Waals surface area (Å²) in [5.41, 5.74) is 0.832. The van der Waals surface area contributed by atoms with Crippen molar-refractivity contribution in [2.45, 2.75) is 26.3 Å². The highest BCUT2D eigenvalue weighted by molar-refractivity contribution is 7.07. The fraction of sp³-hybridized carbons (Fsp3) is 0.294. The largest absolute Gasteiger partial charge is 0.455 e. The number of halogens is 2. The van der Waals surface area contributed by atoms with Gasteiger partial charge in [-0.3, -0.25) is 9.59 Å². The van der Waals surface area contributed by atoms with Crippen molar-refractivity contribution in [2.24, 2.45) is 4.99 Å². The van der Waals surface area contributed by atoms with Gasteiger partial charge < -0.3 is 14.1 Å². The first-order valence-electron chi connectivity index (χ1n) is 7.65. The van der Waals surface area contributed by atoms with Crippen LogP contribution >= 0.6 is 34.5 Å². The number of rotatable bonds is 7. The van der Waals surface area contributed by atoms with Crippen LogP contribution in [-0.2, 0) is 25.7 Å². The zero-order chi connectivity index (χ0) is 19.1. The summed E-state index contributed by atoms with van der Waals surface area (Å²) >= 11 is 13.3. The summed E-state index contributed by atoms with van der Waals surface area (Å²) in [7, 11) is 0. The van der Waals surface area contributed by atoms with Crippen molar-refractivity contribution >= 4 is 52.2 Å². The molecule has 1 heterocycles. The highest BCUT2D eigenvalue weighted by Crippen LogP contribution is 2.21. The van der Waals surface area contributed by atoms with Crippen LogP contribution in [0, 0.1) is 0 Å². The Morgan fingerprint density at radius 3 is 2.69 bits per heavy atom. The zero-order valence-corrected chi connectivity index (χ0v) is 16.2. The van der Waals surface area contributed by atoms with E-state index in [0.29, 0.717) is 21.4 Å². The highest BCUT2D eigenvalue weighted by atomic mass is 35.5. The van der Waals surface area contributed by atoms with Crippen LogP contribution in [0.4, 0.5) is 0 Å². The highest BCUT2D eigenvalue weighted by Gasteiger charge is 2.09. The number of carbonyl (C=O) groups is 3. The third kappa shape index (κ3) is 6.40. The van der Waals surface area contributed by atoms with E-state index in [1.165, 1.54) is 18.3 Å². The second kappa shape index (κ2) is 9.66. The van der Waals surface area contributed by atoms with Gasteiger partial charge in [-0.15, -0.1) is 11.3 Å². The molecule has 0 saturated heterocycles. The molecule has 0 unspecified atom stereocenters. The molecular weight excluding hydrogens is 399 g/mol. The topological polar surface area (TPSA) is 77.7 Å². The van der Waals surface area contributed by atoms with E-state index in [1.54, 1.807) is 34.3 Å². The van der Waals surface area contributed by atoms with Gasteiger partial charge in [0.05, 0.1) is 13.0 Å². The Morgan fingerprint density at radius 2 is 2.00 bits per heavy atom. The van der Waals surface area contributed by atoms with Crippen molar-refractivity contribution in [3.8, 4) is 0 Å². The molecule has 26 heavy (non-hydrogen) atoms. The molecule has 2 aromatic rings. The van der Waals surface area contributed by atoms with Gasteiger partial charge in [-0.2, -0.15) is 4.99 Å². The molecule has 0 saturated carbocycles. The maximum atomic E-state index is 11.9. The minimum absolute atomic E-state index is 0.0450. The molecule has 1 aromatic heterocycles. The van der Waals surface area contributed by atoms with Crippen molar-refractivity contribution in [3.05, 3.63) is 50.2 Å². The molecule has 0 N–H and O–H groups in total. The van der Waals surface area contributed by atoms with Gasteiger partial charge in [-0.25, -0.2) is 0 Å². The third-order valence-corrected chi connectivity index (χ3v) is 4.66. The van der Waals surface area contributed by atoms with Gasteiger partial charge in [-0.05, 0) is 24.6 Å². The number of amides is 1. The van der Waals surface area contributed by atoms with E-state index in [4.69, 9.17) is 27.9 Å². The number of aromatic nitrogens is 1. The molecule has 1 amide bonds. The minimum atomic E-state index is -0.601. The molecular formula is C17H16Cl2N2O4S. The number of nitrogens with zero attached hydrogens (tertiary/aromatic N) is 2. The van der Waals surface area contributed by atoms with Crippen LogP contribution in [0.5, 0.6) is 0 Å². The minimum Gasteiger partial charge on any atom is -0.455 e. The van der Waals surface area contributed by atoms with E-state index in [-0.39, 0.29) is 18.6 Å². The lowest BCUT2D eigenvalue weighted by atomic mass is 10.2. The number of ketones is 1. The number of thiazole rings is 1. The van der Waals surface area contributed by atoms with Crippen molar-refractivity contribution in [1.29, 1.82) is 0 Å². The van der Waals surface area contributed by atoms with E-state index in [2.05, 4.69) is 4.99 Å². The first-order valence-corrected chi connectivity index (χ1v) is 9.29. The molecule has 6 nitrogen and oxygen atoms in total. The smallest absolute Gasteiger partial charge is 0.306 e. The van der Waals surface area contributed by atoms with Crippen molar-refractivity contribution < 1.29 is 19.1 Å². The Labute approximate surface area is 164 Å². The summed E-state index contributed by atoms with van der Waals surface area (Å²) in [5.74, 6) is -1.30. The summed E-state index contributed by atoms with van der Waals surface area (Å²) in [4.78, 5) is 38.6. The zero-order valence-electron chi connectivity index (χ0n) is 13.9. The standard InChI is InChI=1S/C17H16Cl2N2O4S/c1-11(22)2-5-16(24)25-10-15(23)20-17-21(6-7-26-17)9-12-3-4-13(18)8-14(12)19/h3-4,6-8H,2,5,9-10H2,1H3. The van der Waals surface area contributed by atoms with E-state index >= 15 is 0 Å². The molecule has 0 bridgehead atoms. The summed E-state index contributed by atoms with van der Waals surface area (Å²) in [5, 5.41) is 2.85. The van der Waals surface area contributed by atoms with Gasteiger partial charge in [0.1, 0.15) is 5.78 Å². The lowest BCUT2D eigenvalue weighted by Gasteiger charge is -2.06. The molecule has 0 radical (unpaired) electrons. The Morgan fingerprint density at radius 1 is 1.23 bits per heavy atom. The monoisotopic (exact) mass is 414 g/mol. The molecule has 9 heteroatoms. The summed E-state index contributed by atoms with van der Waals surface area (Å²) in [6.07, 6.45) is 1.83. The molecule has 0 spiro atoms. The molecule has 0 aliphatic rings. The van der Waals surface area contributed by atoms with Crippen LogP contribution in [0.2, 0.25) is 10.0 Å². The molecule has 0 aliphatic heterocycles. The van der Waals surface area contributed by atoms with Gasteiger partial charge in [0.15, 0.2) is 11.4 Å². The van der Waals surface area contributed by atoms with Crippen LogP contribution < -0.4 is 4.80 Å². The van der Waals surface area contributed by atoms with Crippen LogP contribution in [0.3, 0.4) is 0 Å². The van der Waals surface area contributed by atoms with Crippen LogP contribution in [0.15, 0.2) is 34.8 Å². The van der Waals surface area contributed by atoms with Crippen molar-refractivity contribution in [1.82, 2.24) is 4.57 Å². The van der Waals surface area contributed by atoms with Crippen LogP contribution in [0.25, 0.3) is 0 Å². The number of carbonyl (C=O) groups excluding carboxylic acids is 3. The average molecular weight is 415 g/mol. The first kappa shape index (κ1) is 20.4. The fourth-order valence-corrected chi connectivity index (χ4v) is 3.19. The van der Waals surface area contributed by atoms with Gasteiger partial charge in [0.2, 0.25) is 0 Å². The lowest BCUT2D eigenvalue weighted by Crippen LogP contribution is -2.20. The van der Waals surface area contributed by atoms with E-state index < -0.39 is 18.5 Å². The first-order chi connectivity index (χ1) is 12.3. The quantitative estimate of drug-likeness (QED) is 0.651. The molecule has 0 atom stereocenters. The molecule has 1 aromatic carbocycles. The lowest BCUT2D eigenvalue weighted by molar-refractivity contribution is -0.148. The van der Waals surface area contributed by atoms with E-state index in [0.717, 1.165) is 5.56 Å². The number of hydrogen-bond donors (Lipinski definition) is 0. The van der Waals surface area contributed by atoms with Crippen molar-refractivity contribution in [3.63, 3.8) is 0 Å². The fourth-order valence-electron chi connectivity index (χ4n) is 1.97. The number of Topliss-reactive ketones (excluding diaryl/α,β-unsaturated/α-hetero) is 1. The maximum Gasteiger partial charge on any atom is 0.306 e. The molecule has 2 rings (SSSR count). The predicted molar refractivity (Wildman–Crippen MR) is 99.3 cm³/mol. The molecule has 0 aliphatic carbocycles. The number of ether oxygens (including phenoxy) is 1. The number of esters is 1. The molecule has 138 valence electrons. The van der Waals surface area contributed by atoms with Gasteiger partial charge in [-0.1, -0.05) is 29.3 Å². The molecule has 0 fully saturated rings. The van der Waals surface area contributed by atoms with Gasteiger partial charge in [0.25, 0.3) is 5.91 Å². The summed E-state index contributed by atoms with van der Waals surface area (Å²) in [6, 6.07) is 5.18. The Kier molecular flexibility index (Phi) is 7.56. The average Bonchev–Trinajstić information content (AvgIpc) is 3.00. The predicted octanol–water partition coefficient (Wildman–Crippen LogP) is 3.24. The second-order valence-electron chi connectivity index (χ2n) is 5.42. The van der Waals surface area contributed by atoms with E-state index in [1.807, 2.05) is 0 Å². The Hall–Kier alpha value is -1.96. The SMILES string of the molecule is CC(=O)CCC(=O)OCC(=O)N=c1sccn1Cc1ccc(Cl)cc1Cl. The number of hydrogen-bond acceptors (Lipinski definition) is 5. The van der Waals surface area contributed by atoms with E-state index in [9.17, 15) is 14.4 Å².